The molecular weight excluding hydrogens is 422 g/mol. The van der Waals surface area contributed by atoms with Gasteiger partial charge in [-0.2, -0.15) is 0 Å². The van der Waals surface area contributed by atoms with Gasteiger partial charge in [0.1, 0.15) is 18.5 Å². The maximum Gasteiger partial charge on any atom is 0.128 e. The number of H-pyrrole nitrogens is 1. The Morgan fingerprint density at radius 1 is 0.912 bits per heavy atom. The maximum absolute atomic E-state index is 10.9. The van der Waals surface area contributed by atoms with Crippen molar-refractivity contribution in [1.82, 2.24) is 9.88 Å². The lowest BCUT2D eigenvalue weighted by atomic mass is 9.96. The SMILES string of the molecule is O[C@H](COc1cccc2[nH]ccc12)CN1C[C@@H]2C/C=C\C[C@H]1CN2c1ccc2ccccc2c1. The summed E-state index contributed by atoms with van der Waals surface area (Å²) in [5.41, 5.74) is 2.35. The van der Waals surface area contributed by atoms with Crippen LogP contribution in [0.4, 0.5) is 5.69 Å². The van der Waals surface area contributed by atoms with Gasteiger partial charge in [-0.05, 0) is 53.9 Å². The highest BCUT2D eigenvalue weighted by Gasteiger charge is 2.35. The lowest BCUT2D eigenvalue weighted by Gasteiger charge is -2.48. The average molecular weight is 454 g/mol. The number of hydrogen-bond acceptors (Lipinski definition) is 4. The molecule has 1 saturated heterocycles. The van der Waals surface area contributed by atoms with Crippen molar-refractivity contribution >= 4 is 27.4 Å². The number of fused-ring (bicyclic) bond motifs is 6. The second kappa shape index (κ2) is 9.16. The highest BCUT2D eigenvalue weighted by molar-refractivity contribution is 5.86. The molecule has 4 heterocycles. The van der Waals surface area contributed by atoms with Crippen LogP contribution in [0.5, 0.6) is 5.75 Å². The Labute approximate surface area is 200 Å². The summed E-state index contributed by atoms with van der Waals surface area (Å²) < 4.78 is 6.03. The summed E-state index contributed by atoms with van der Waals surface area (Å²) >= 11 is 0. The van der Waals surface area contributed by atoms with E-state index in [1.807, 2.05) is 30.5 Å². The summed E-state index contributed by atoms with van der Waals surface area (Å²) in [4.78, 5) is 8.25. The number of nitrogens with zero attached hydrogens (tertiary/aromatic N) is 2. The Balaban J connectivity index is 1.14. The number of ether oxygens (including phenoxy) is 1. The molecule has 3 atom stereocenters. The average Bonchev–Trinajstić information content (AvgIpc) is 3.33. The van der Waals surface area contributed by atoms with Crippen molar-refractivity contribution in [3.8, 4) is 5.75 Å². The highest BCUT2D eigenvalue weighted by atomic mass is 16.5. The molecule has 0 aliphatic carbocycles. The van der Waals surface area contributed by atoms with Crippen LogP contribution in [-0.4, -0.2) is 59.4 Å². The number of aromatic nitrogens is 1. The summed E-state index contributed by atoms with van der Waals surface area (Å²) in [6, 6.07) is 24.1. The van der Waals surface area contributed by atoms with E-state index in [9.17, 15) is 5.11 Å². The third-order valence-corrected chi connectivity index (χ3v) is 7.29. The second-order valence-corrected chi connectivity index (χ2v) is 9.55. The van der Waals surface area contributed by atoms with E-state index in [4.69, 9.17) is 4.74 Å². The zero-order chi connectivity index (χ0) is 22.9. The molecule has 0 spiro atoms. The number of anilines is 1. The van der Waals surface area contributed by atoms with Crippen LogP contribution in [0.3, 0.4) is 0 Å². The standard InChI is InChI=1S/C29H31N3O2/c33-26(20-34-29-11-5-10-28-27(29)14-15-30-28)19-31-17-25-9-4-3-8-24(31)18-32(25)23-13-12-21-6-1-2-7-22(21)16-23/h1-7,10-16,24-26,30,33H,8-9,17-20H2/b4-3-/t24-,25-,26-/m0/s1. The Morgan fingerprint density at radius 2 is 1.76 bits per heavy atom. The summed E-state index contributed by atoms with van der Waals surface area (Å²) in [5.74, 6) is 0.817. The molecule has 3 aliphatic heterocycles. The van der Waals surface area contributed by atoms with Gasteiger partial charge in [-0.25, -0.2) is 0 Å². The van der Waals surface area contributed by atoms with Crippen LogP contribution in [-0.2, 0) is 0 Å². The number of hydrogen-bond donors (Lipinski definition) is 2. The van der Waals surface area contributed by atoms with Gasteiger partial charge in [-0.1, -0.05) is 48.6 Å². The topological polar surface area (TPSA) is 51.7 Å². The molecule has 7 rings (SSSR count). The Kier molecular flexibility index (Phi) is 5.73. The summed E-state index contributed by atoms with van der Waals surface area (Å²) in [6.07, 6.45) is 8.06. The molecule has 0 amide bonds. The third kappa shape index (κ3) is 4.17. The van der Waals surface area contributed by atoms with Crippen molar-refractivity contribution in [2.24, 2.45) is 0 Å². The minimum absolute atomic E-state index is 0.294. The van der Waals surface area contributed by atoms with E-state index < -0.39 is 6.10 Å². The summed E-state index contributed by atoms with van der Waals surface area (Å²) in [7, 11) is 0. The molecule has 174 valence electrons. The predicted octanol–water partition coefficient (Wildman–Crippen LogP) is 4.97. The van der Waals surface area contributed by atoms with Crippen molar-refractivity contribution in [1.29, 1.82) is 0 Å². The van der Waals surface area contributed by atoms with Crippen molar-refractivity contribution in [2.45, 2.75) is 31.0 Å². The van der Waals surface area contributed by atoms with Gasteiger partial charge >= 0.3 is 0 Å². The van der Waals surface area contributed by atoms with Gasteiger partial charge in [-0.3, -0.25) is 4.90 Å². The fourth-order valence-corrected chi connectivity index (χ4v) is 5.53. The van der Waals surface area contributed by atoms with Gasteiger partial charge in [0.05, 0.1) is 0 Å². The van der Waals surface area contributed by atoms with E-state index in [0.717, 1.165) is 42.6 Å². The fourth-order valence-electron chi connectivity index (χ4n) is 5.53. The van der Waals surface area contributed by atoms with Crippen molar-refractivity contribution in [3.63, 3.8) is 0 Å². The molecule has 3 aromatic carbocycles. The quantitative estimate of drug-likeness (QED) is 0.405. The van der Waals surface area contributed by atoms with Gasteiger partial charge < -0.3 is 19.7 Å². The smallest absolute Gasteiger partial charge is 0.128 e. The summed E-state index contributed by atoms with van der Waals surface area (Å²) in [5, 5.41) is 14.5. The van der Waals surface area contributed by atoms with E-state index in [-0.39, 0.29) is 0 Å². The molecule has 0 radical (unpaired) electrons. The van der Waals surface area contributed by atoms with Gasteiger partial charge in [-0.15, -0.1) is 0 Å². The van der Waals surface area contributed by atoms with E-state index in [2.05, 4.69) is 69.4 Å². The monoisotopic (exact) mass is 453 g/mol. The van der Waals surface area contributed by atoms with Crippen LogP contribution < -0.4 is 9.64 Å². The lowest BCUT2D eigenvalue weighted by molar-refractivity contribution is 0.0409. The number of piperazine rings is 1. The van der Waals surface area contributed by atoms with Crippen LogP contribution in [0.15, 0.2) is 85.1 Å². The number of aliphatic hydroxyl groups is 1. The van der Waals surface area contributed by atoms with Gasteiger partial charge in [0.25, 0.3) is 0 Å². The van der Waals surface area contributed by atoms with Gasteiger partial charge in [0.2, 0.25) is 0 Å². The van der Waals surface area contributed by atoms with E-state index in [1.165, 1.54) is 16.5 Å². The van der Waals surface area contributed by atoms with Crippen molar-refractivity contribution in [2.75, 3.05) is 31.1 Å². The Hall–Kier alpha value is -3.28. The van der Waals surface area contributed by atoms with Crippen LogP contribution in [0.1, 0.15) is 12.8 Å². The minimum atomic E-state index is -0.534. The molecule has 5 heteroatoms. The predicted molar refractivity (Wildman–Crippen MR) is 139 cm³/mol. The molecule has 1 aromatic heterocycles. The van der Waals surface area contributed by atoms with E-state index in [0.29, 0.717) is 25.2 Å². The molecule has 34 heavy (non-hydrogen) atoms. The van der Waals surface area contributed by atoms with Crippen LogP contribution in [0.2, 0.25) is 0 Å². The Bertz CT molecular complexity index is 1310. The minimum Gasteiger partial charge on any atom is -0.490 e. The number of aliphatic hydroxyl groups excluding tert-OH is 1. The number of nitrogens with one attached hydrogen (secondary N) is 1. The highest BCUT2D eigenvalue weighted by Crippen LogP contribution is 2.31. The zero-order valence-electron chi connectivity index (χ0n) is 19.3. The number of benzene rings is 3. The molecule has 0 saturated carbocycles. The second-order valence-electron chi connectivity index (χ2n) is 9.55. The van der Waals surface area contributed by atoms with E-state index >= 15 is 0 Å². The zero-order valence-corrected chi connectivity index (χ0v) is 19.3. The van der Waals surface area contributed by atoms with Gasteiger partial charge in [0, 0.05) is 54.5 Å². The van der Waals surface area contributed by atoms with Crippen LogP contribution in [0.25, 0.3) is 21.7 Å². The first kappa shape index (κ1) is 21.3. The lowest BCUT2D eigenvalue weighted by Crippen LogP contribution is -2.60. The first-order valence-electron chi connectivity index (χ1n) is 12.3. The molecular formula is C29H31N3O2. The van der Waals surface area contributed by atoms with Gasteiger partial charge in [0.15, 0.2) is 0 Å². The van der Waals surface area contributed by atoms with Crippen molar-refractivity contribution < 1.29 is 9.84 Å². The first-order chi connectivity index (χ1) is 16.7. The molecule has 2 bridgehead atoms. The van der Waals surface area contributed by atoms with Crippen molar-refractivity contribution in [3.05, 3.63) is 85.1 Å². The largest absolute Gasteiger partial charge is 0.490 e. The number of aromatic amines is 1. The first-order valence-corrected chi connectivity index (χ1v) is 12.3. The molecule has 3 aliphatic rings. The van der Waals surface area contributed by atoms with Crippen LogP contribution >= 0.6 is 0 Å². The Morgan fingerprint density at radius 3 is 2.68 bits per heavy atom. The third-order valence-electron chi connectivity index (χ3n) is 7.29. The summed E-state index contributed by atoms with van der Waals surface area (Å²) in [6.45, 7) is 2.85. The molecule has 1 fully saturated rings. The number of rotatable bonds is 6. The van der Waals surface area contributed by atoms with Crippen LogP contribution in [0, 0.1) is 0 Å². The van der Waals surface area contributed by atoms with E-state index in [1.54, 1.807) is 0 Å². The normalized spacial score (nSPS) is 22.6. The fraction of sp³-hybridized carbons (Fsp3) is 0.310. The molecule has 2 N–H and O–H groups in total. The molecule has 5 nitrogen and oxygen atoms in total. The maximum atomic E-state index is 10.9. The molecule has 4 aromatic rings. The molecule has 0 unspecified atom stereocenters.